The van der Waals surface area contributed by atoms with Gasteiger partial charge in [-0.25, -0.2) is 4.39 Å². The maximum absolute atomic E-state index is 12.9. The number of aromatic nitrogens is 2. The van der Waals surface area contributed by atoms with Gasteiger partial charge in [0.1, 0.15) is 11.6 Å². The lowest BCUT2D eigenvalue weighted by molar-refractivity contribution is 0.0945. The molecule has 0 fully saturated rings. The highest BCUT2D eigenvalue weighted by atomic mass is 19.1. The molecule has 1 aromatic heterocycles. The first-order chi connectivity index (χ1) is 13.5. The molecule has 144 valence electrons. The van der Waals surface area contributed by atoms with Crippen molar-refractivity contribution in [3.63, 3.8) is 0 Å². The van der Waals surface area contributed by atoms with Gasteiger partial charge in [-0.05, 0) is 55.8 Å². The second-order valence-corrected chi connectivity index (χ2v) is 6.40. The molecule has 6 nitrogen and oxygen atoms in total. The summed E-state index contributed by atoms with van der Waals surface area (Å²) in [5.74, 6) is 0.534. The van der Waals surface area contributed by atoms with Crippen LogP contribution in [-0.4, -0.2) is 22.2 Å². The van der Waals surface area contributed by atoms with Gasteiger partial charge in [-0.1, -0.05) is 24.3 Å². The molecule has 0 unspecified atom stereocenters. The van der Waals surface area contributed by atoms with E-state index in [-0.39, 0.29) is 30.1 Å². The summed E-state index contributed by atoms with van der Waals surface area (Å²) >= 11 is 0. The molecule has 7 heteroatoms. The molecule has 1 amide bonds. The number of nitrogens with one attached hydrogen (secondary N) is 2. The third-order valence-electron chi connectivity index (χ3n) is 3.78. The highest BCUT2D eigenvalue weighted by molar-refractivity contribution is 5.92. The molecule has 0 aliphatic carbocycles. The maximum Gasteiger partial charge on any atom is 0.272 e. The van der Waals surface area contributed by atoms with E-state index in [4.69, 9.17) is 4.74 Å². The van der Waals surface area contributed by atoms with Crippen LogP contribution < -0.4 is 15.4 Å². The van der Waals surface area contributed by atoms with Crippen LogP contribution in [0, 0.1) is 5.82 Å². The minimum atomic E-state index is -0.355. The van der Waals surface area contributed by atoms with Gasteiger partial charge in [-0.2, -0.15) is 0 Å². The molecule has 0 aliphatic rings. The van der Waals surface area contributed by atoms with Gasteiger partial charge in [0, 0.05) is 6.54 Å². The maximum atomic E-state index is 12.9. The number of ether oxygens (including phenoxy) is 1. The number of carbonyl (C=O) groups is 1. The van der Waals surface area contributed by atoms with Gasteiger partial charge in [-0.3, -0.25) is 4.79 Å². The first kappa shape index (κ1) is 19.3. The molecular formula is C21H21FN4O2. The SMILES string of the molecule is CC(C)Oc1ccccc1Nc1ccc(C(=O)NCc2ccc(F)cc2)nn1. The van der Waals surface area contributed by atoms with Gasteiger partial charge >= 0.3 is 0 Å². The predicted molar refractivity (Wildman–Crippen MR) is 105 cm³/mol. The van der Waals surface area contributed by atoms with Gasteiger partial charge in [-0.15, -0.1) is 10.2 Å². The van der Waals surface area contributed by atoms with Crippen LogP contribution in [0.15, 0.2) is 60.7 Å². The molecular weight excluding hydrogens is 359 g/mol. The molecule has 0 spiro atoms. The van der Waals surface area contributed by atoms with Gasteiger partial charge in [0.25, 0.3) is 5.91 Å². The van der Waals surface area contributed by atoms with Gasteiger partial charge in [0.2, 0.25) is 0 Å². The first-order valence-electron chi connectivity index (χ1n) is 8.90. The van der Waals surface area contributed by atoms with Crippen LogP contribution >= 0.6 is 0 Å². The highest BCUT2D eigenvalue weighted by Gasteiger charge is 2.10. The van der Waals surface area contributed by atoms with Crippen molar-refractivity contribution in [1.29, 1.82) is 0 Å². The van der Waals surface area contributed by atoms with Gasteiger partial charge < -0.3 is 15.4 Å². The monoisotopic (exact) mass is 380 g/mol. The van der Waals surface area contributed by atoms with Crippen molar-refractivity contribution in [1.82, 2.24) is 15.5 Å². The third kappa shape index (κ3) is 5.26. The number of nitrogens with zero attached hydrogens (tertiary/aromatic N) is 2. The zero-order chi connectivity index (χ0) is 19.9. The number of amides is 1. The van der Waals surface area contributed by atoms with Crippen molar-refractivity contribution >= 4 is 17.4 Å². The molecule has 3 rings (SSSR count). The van der Waals surface area contributed by atoms with Crippen LogP contribution in [0.4, 0.5) is 15.9 Å². The van der Waals surface area contributed by atoms with Crippen LogP contribution in [0.25, 0.3) is 0 Å². The van der Waals surface area contributed by atoms with Crippen molar-refractivity contribution in [2.24, 2.45) is 0 Å². The lowest BCUT2D eigenvalue weighted by Gasteiger charge is -2.14. The fraction of sp³-hybridized carbons (Fsp3) is 0.190. The summed E-state index contributed by atoms with van der Waals surface area (Å²) in [5, 5.41) is 13.9. The van der Waals surface area contributed by atoms with Crippen molar-refractivity contribution in [3.8, 4) is 5.75 Å². The quantitative estimate of drug-likeness (QED) is 0.646. The Morgan fingerprint density at radius 2 is 1.79 bits per heavy atom. The Hall–Kier alpha value is -3.48. The van der Waals surface area contributed by atoms with Crippen LogP contribution in [0.5, 0.6) is 5.75 Å². The number of halogens is 1. The van der Waals surface area contributed by atoms with Crippen molar-refractivity contribution in [2.45, 2.75) is 26.5 Å². The zero-order valence-electron chi connectivity index (χ0n) is 15.6. The molecule has 2 N–H and O–H groups in total. The largest absolute Gasteiger partial charge is 0.489 e. The standard InChI is InChI=1S/C21H21FN4O2/c1-14(2)28-19-6-4-3-5-17(19)24-20-12-11-18(25-26-20)21(27)23-13-15-7-9-16(22)10-8-15/h3-12,14H,13H2,1-2H3,(H,23,27)(H,24,26). The zero-order valence-corrected chi connectivity index (χ0v) is 15.6. The topological polar surface area (TPSA) is 76.1 Å². The molecule has 1 heterocycles. The number of anilines is 2. The number of hydrogen-bond donors (Lipinski definition) is 2. The van der Waals surface area contributed by atoms with Crippen LogP contribution in [-0.2, 0) is 6.54 Å². The van der Waals surface area contributed by atoms with E-state index in [1.54, 1.807) is 24.3 Å². The number of carbonyl (C=O) groups excluding carboxylic acids is 1. The van der Waals surface area contributed by atoms with E-state index in [9.17, 15) is 9.18 Å². The fourth-order valence-corrected chi connectivity index (χ4v) is 2.46. The van der Waals surface area contributed by atoms with E-state index >= 15 is 0 Å². The van der Waals surface area contributed by atoms with Crippen molar-refractivity contribution in [3.05, 3.63) is 77.7 Å². The Morgan fingerprint density at radius 3 is 2.46 bits per heavy atom. The molecule has 0 radical (unpaired) electrons. The summed E-state index contributed by atoms with van der Waals surface area (Å²) < 4.78 is 18.7. The third-order valence-corrected chi connectivity index (χ3v) is 3.78. The van der Waals surface area contributed by atoms with Crippen LogP contribution in [0.1, 0.15) is 29.9 Å². The molecule has 0 saturated heterocycles. The Labute approximate surface area is 162 Å². The van der Waals surface area contributed by atoms with Crippen molar-refractivity contribution < 1.29 is 13.9 Å². The molecule has 0 saturated carbocycles. The molecule has 0 atom stereocenters. The normalized spacial score (nSPS) is 10.6. The fourth-order valence-electron chi connectivity index (χ4n) is 2.46. The average molecular weight is 380 g/mol. The predicted octanol–water partition coefficient (Wildman–Crippen LogP) is 4.08. The Kier molecular flexibility index (Phi) is 6.16. The summed E-state index contributed by atoms with van der Waals surface area (Å²) in [7, 11) is 0. The number of para-hydroxylation sites is 2. The lowest BCUT2D eigenvalue weighted by atomic mass is 10.2. The Bertz CT molecular complexity index is 928. The summed E-state index contributed by atoms with van der Waals surface area (Å²) in [6, 6.07) is 16.7. The number of rotatable bonds is 7. The molecule has 3 aromatic rings. The minimum Gasteiger partial charge on any atom is -0.489 e. The summed E-state index contributed by atoms with van der Waals surface area (Å²) in [6.45, 7) is 4.19. The van der Waals surface area contributed by atoms with Crippen LogP contribution in [0.2, 0.25) is 0 Å². The van der Waals surface area contributed by atoms with E-state index < -0.39 is 0 Å². The van der Waals surface area contributed by atoms with E-state index in [0.29, 0.717) is 11.6 Å². The molecule has 28 heavy (non-hydrogen) atoms. The summed E-state index contributed by atoms with van der Waals surface area (Å²) in [6.07, 6.45) is 0.0428. The smallest absolute Gasteiger partial charge is 0.272 e. The second kappa shape index (κ2) is 8.94. The average Bonchev–Trinajstić information content (AvgIpc) is 2.69. The Balaban J connectivity index is 1.62. The number of benzene rings is 2. The van der Waals surface area contributed by atoms with E-state index in [0.717, 1.165) is 11.3 Å². The summed E-state index contributed by atoms with van der Waals surface area (Å²) in [5.41, 5.74) is 1.75. The van der Waals surface area contributed by atoms with E-state index in [1.807, 2.05) is 38.1 Å². The second-order valence-electron chi connectivity index (χ2n) is 6.40. The first-order valence-corrected chi connectivity index (χ1v) is 8.90. The number of hydrogen-bond acceptors (Lipinski definition) is 5. The van der Waals surface area contributed by atoms with Crippen molar-refractivity contribution in [2.75, 3.05) is 5.32 Å². The Morgan fingerprint density at radius 1 is 1.04 bits per heavy atom. The van der Waals surface area contributed by atoms with Crippen LogP contribution in [0.3, 0.4) is 0 Å². The van der Waals surface area contributed by atoms with Gasteiger partial charge in [0.05, 0.1) is 11.8 Å². The minimum absolute atomic E-state index is 0.0428. The lowest BCUT2D eigenvalue weighted by Crippen LogP contribution is -2.24. The molecule has 2 aromatic carbocycles. The highest BCUT2D eigenvalue weighted by Crippen LogP contribution is 2.27. The molecule has 0 bridgehead atoms. The molecule has 0 aliphatic heterocycles. The van der Waals surface area contributed by atoms with E-state index in [2.05, 4.69) is 20.8 Å². The van der Waals surface area contributed by atoms with E-state index in [1.165, 1.54) is 12.1 Å². The summed E-state index contributed by atoms with van der Waals surface area (Å²) in [4.78, 5) is 12.2. The van der Waals surface area contributed by atoms with Gasteiger partial charge in [0.15, 0.2) is 11.5 Å².